The zero-order valence-electron chi connectivity index (χ0n) is 15.2. The highest BCUT2D eigenvalue weighted by atomic mass is 127. The molecule has 25 heavy (non-hydrogen) atoms. The van der Waals surface area contributed by atoms with Gasteiger partial charge in [-0.3, -0.25) is 4.90 Å². The SMILES string of the molecule is CCNC(=NCc1cccs1)NCC(C)N(C)Cc1ccccc1.I. The molecule has 0 radical (unpaired) electrons. The van der Waals surface area contributed by atoms with Gasteiger partial charge in [0.15, 0.2) is 5.96 Å². The molecule has 4 nitrogen and oxygen atoms in total. The molecule has 1 aromatic carbocycles. The van der Waals surface area contributed by atoms with Gasteiger partial charge in [0, 0.05) is 30.6 Å². The van der Waals surface area contributed by atoms with Crippen molar-refractivity contribution in [2.45, 2.75) is 33.0 Å². The van der Waals surface area contributed by atoms with Crippen molar-refractivity contribution in [2.24, 2.45) is 4.99 Å². The fourth-order valence-electron chi connectivity index (χ4n) is 2.33. The molecule has 1 heterocycles. The minimum absolute atomic E-state index is 0. The number of hydrogen-bond acceptors (Lipinski definition) is 3. The lowest BCUT2D eigenvalue weighted by Gasteiger charge is -2.25. The van der Waals surface area contributed by atoms with Crippen LogP contribution in [0.3, 0.4) is 0 Å². The van der Waals surface area contributed by atoms with Crippen LogP contribution in [-0.4, -0.2) is 37.0 Å². The van der Waals surface area contributed by atoms with Crippen molar-refractivity contribution < 1.29 is 0 Å². The van der Waals surface area contributed by atoms with Crippen LogP contribution in [0.4, 0.5) is 0 Å². The molecule has 0 fully saturated rings. The molecule has 0 aliphatic heterocycles. The Morgan fingerprint density at radius 2 is 1.92 bits per heavy atom. The summed E-state index contributed by atoms with van der Waals surface area (Å²) in [6.45, 7) is 7.73. The normalized spacial score (nSPS) is 12.6. The van der Waals surface area contributed by atoms with Crippen molar-refractivity contribution in [3.8, 4) is 0 Å². The summed E-state index contributed by atoms with van der Waals surface area (Å²) in [6, 6.07) is 15.2. The first-order valence-electron chi connectivity index (χ1n) is 8.47. The zero-order chi connectivity index (χ0) is 17.2. The van der Waals surface area contributed by atoms with Crippen molar-refractivity contribution in [3.05, 3.63) is 58.3 Å². The molecule has 0 saturated carbocycles. The molecule has 0 aliphatic carbocycles. The summed E-state index contributed by atoms with van der Waals surface area (Å²) in [5.74, 6) is 0.880. The first-order valence-corrected chi connectivity index (χ1v) is 9.35. The highest BCUT2D eigenvalue weighted by Gasteiger charge is 2.10. The number of benzene rings is 1. The predicted octanol–water partition coefficient (Wildman–Crippen LogP) is 3.94. The summed E-state index contributed by atoms with van der Waals surface area (Å²) < 4.78 is 0. The van der Waals surface area contributed by atoms with Crippen LogP contribution in [-0.2, 0) is 13.1 Å². The summed E-state index contributed by atoms with van der Waals surface area (Å²) in [6.07, 6.45) is 0. The van der Waals surface area contributed by atoms with Crippen LogP contribution < -0.4 is 10.6 Å². The number of thiophene rings is 1. The average molecular weight is 472 g/mol. The standard InChI is InChI=1S/C19H28N4S.HI/c1-4-20-19(22-14-18-11-8-12-24-18)21-13-16(2)23(3)15-17-9-6-5-7-10-17;/h5-12,16H,4,13-15H2,1-3H3,(H2,20,21,22);1H. The maximum Gasteiger partial charge on any atom is 0.191 e. The van der Waals surface area contributed by atoms with Crippen molar-refractivity contribution in [3.63, 3.8) is 0 Å². The van der Waals surface area contributed by atoms with E-state index in [0.717, 1.165) is 32.1 Å². The van der Waals surface area contributed by atoms with Gasteiger partial charge in [-0.05, 0) is 37.9 Å². The third-order valence-corrected chi connectivity index (χ3v) is 4.77. The van der Waals surface area contributed by atoms with Gasteiger partial charge in [-0.15, -0.1) is 35.3 Å². The lowest BCUT2D eigenvalue weighted by atomic mass is 10.2. The van der Waals surface area contributed by atoms with Crippen LogP contribution >= 0.6 is 35.3 Å². The molecule has 0 aliphatic rings. The minimum Gasteiger partial charge on any atom is -0.357 e. The largest absolute Gasteiger partial charge is 0.357 e. The van der Waals surface area contributed by atoms with Gasteiger partial charge in [0.2, 0.25) is 0 Å². The monoisotopic (exact) mass is 472 g/mol. The molecule has 6 heteroatoms. The Balaban J connectivity index is 0.00000312. The number of likely N-dealkylation sites (N-methyl/N-ethyl adjacent to an activating group) is 1. The number of halogens is 1. The van der Waals surface area contributed by atoms with E-state index in [0.29, 0.717) is 6.04 Å². The van der Waals surface area contributed by atoms with E-state index in [2.05, 4.69) is 89.3 Å². The lowest BCUT2D eigenvalue weighted by Crippen LogP contribution is -2.44. The van der Waals surface area contributed by atoms with E-state index >= 15 is 0 Å². The van der Waals surface area contributed by atoms with E-state index < -0.39 is 0 Å². The first kappa shape index (κ1) is 21.9. The highest BCUT2D eigenvalue weighted by molar-refractivity contribution is 14.0. The summed E-state index contributed by atoms with van der Waals surface area (Å²) in [5.41, 5.74) is 1.34. The summed E-state index contributed by atoms with van der Waals surface area (Å²) in [5, 5.41) is 8.85. The first-order chi connectivity index (χ1) is 11.7. The number of guanidine groups is 1. The van der Waals surface area contributed by atoms with Crippen molar-refractivity contribution >= 4 is 41.3 Å². The molecule has 0 spiro atoms. The van der Waals surface area contributed by atoms with E-state index in [1.54, 1.807) is 11.3 Å². The Morgan fingerprint density at radius 1 is 1.16 bits per heavy atom. The van der Waals surface area contributed by atoms with E-state index in [4.69, 9.17) is 0 Å². The molecule has 138 valence electrons. The van der Waals surface area contributed by atoms with E-state index in [9.17, 15) is 0 Å². The Bertz CT molecular complexity index is 601. The second-order valence-electron chi connectivity index (χ2n) is 5.91. The van der Waals surface area contributed by atoms with Crippen LogP contribution in [0.5, 0.6) is 0 Å². The molecule has 1 unspecified atom stereocenters. The van der Waals surface area contributed by atoms with Gasteiger partial charge in [0.05, 0.1) is 6.54 Å². The van der Waals surface area contributed by atoms with Gasteiger partial charge in [-0.1, -0.05) is 36.4 Å². The number of aliphatic imine (C=N–C) groups is 1. The molecule has 1 aromatic heterocycles. The van der Waals surface area contributed by atoms with Crippen LogP contribution in [0.2, 0.25) is 0 Å². The third-order valence-electron chi connectivity index (χ3n) is 3.91. The van der Waals surface area contributed by atoms with E-state index in [1.807, 2.05) is 0 Å². The molecule has 0 amide bonds. The summed E-state index contributed by atoms with van der Waals surface area (Å²) >= 11 is 1.74. The van der Waals surface area contributed by atoms with Crippen LogP contribution in [0.25, 0.3) is 0 Å². The molecule has 0 bridgehead atoms. The van der Waals surface area contributed by atoms with Gasteiger partial charge < -0.3 is 10.6 Å². The van der Waals surface area contributed by atoms with Crippen LogP contribution in [0.15, 0.2) is 52.8 Å². The lowest BCUT2D eigenvalue weighted by molar-refractivity contribution is 0.249. The Labute approximate surface area is 172 Å². The second kappa shape index (κ2) is 12.3. The predicted molar refractivity (Wildman–Crippen MR) is 120 cm³/mol. The smallest absolute Gasteiger partial charge is 0.191 e. The quantitative estimate of drug-likeness (QED) is 0.348. The molecule has 2 N–H and O–H groups in total. The Hall–Kier alpha value is -1.12. The van der Waals surface area contributed by atoms with Gasteiger partial charge in [-0.25, -0.2) is 4.99 Å². The number of nitrogens with zero attached hydrogens (tertiary/aromatic N) is 2. The molecule has 1 atom stereocenters. The molecule has 0 saturated heterocycles. The van der Waals surface area contributed by atoms with Crippen molar-refractivity contribution in [1.29, 1.82) is 0 Å². The maximum absolute atomic E-state index is 4.66. The van der Waals surface area contributed by atoms with Crippen LogP contribution in [0.1, 0.15) is 24.3 Å². The number of rotatable bonds is 8. The number of hydrogen-bond donors (Lipinski definition) is 2. The molecular weight excluding hydrogens is 443 g/mol. The Morgan fingerprint density at radius 3 is 2.56 bits per heavy atom. The zero-order valence-corrected chi connectivity index (χ0v) is 18.4. The van der Waals surface area contributed by atoms with E-state index in [-0.39, 0.29) is 24.0 Å². The van der Waals surface area contributed by atoms with Gasteiger partial charge in [0.1, 0.15) is 0 Å². The fourth-order valence-corrected chi connectivity index (χ4v) is 2.96. The second-order valence-corrected chi connectivity index (χ2v) is 6.94. The van der Waals surface area contributed by atoms with Gasteiger partial charge in [0.25, 0.3) is 0 Å². The molecule has 2 rings (SSSR count). The van der Waals surface area contributed by atoms with Crippen molar-refractivity contribution in [2.75, 3.05) is 20.1 Å². The minimum atomic E-state index is 0. The van der Waals surface area contributed by atoms with Crippen LogP contribution in [0, 0.1) is 0 Å². The fraction of sp³-hybridized carbons (Fsp3) is 0.421. The van der Waals surface area contributed by atoms with Crippen molar-refractivity contribution in [1.82, 2.24) is 15.5 Å². The summed E-state index contributed by atoms with van der Waals surface area (Å²) in [7, 11) is 2.16. The molecular formula is C19H29IN4S. The summed E-state index contributed by atoms with van der Waals surface area (Å²) in [4.78, 5) is 8.29. The maximum atomic E-state index is 4.66. The Kier molecular flexibility index (Phi) is 10.8. The topological polar surface area (TPSA) is 39.7 Å². The van der Waals surface area contributed by atoms with Gasteiger partial charge >= 0.3 is 0 Å². The average Bonchev–Trinajstić information content (AvgIpc) is 3.11. The molecule has 2 aromatic rings. The third kappa shape index (κ3) is 8.20. The van der Waals surface area contributed by atoms with Gasteiger partial charge in [-0.2, -0.15) is 0 Å². The van der Waals surface area contributed by atoms with E-state index in [1.165, 1.54) is 10.4 Å². The highest BCUT2D eigenvalue weighted by Crippen LogP contribution is 2.09. The number of nitrogens with one attached hydrogen (secondary N) is 2.